The van der Waals surface area contributed by atoms with Gasteiger partial charge < -0.3 is 15.0 Å². The number of benzene rings is 1. The van der Waals surface area contributed by atoms with Gasteiger partial charge in [-0.25, -0.2) is 4.79 Å². The maximum absolute atomic E-state index is 13.0. The van der Waals surface area contributed by atoms with Crippen LogP contribution in [0.15, 0.2) is 38.3 Å². The molecule has 0 spiro atoms. The number of nitrogens with zero attached hydrogens (tertiary/aromatic N) is 4. The second kappa shape index (κ2) is 7.08. The van der Waals surface area contributed by atoms with Gasteiger partial charge in [0.25, 0.3) is 5.56 Å². The van der Waals surface area contributed by atoms with Crippen molar-refractivity contribution < 1.29 is 5.11 Å². The number of aliphatic hydroxyl groups excluding tert-OH is 1. The lowest BCUT2D eigenvalue weighted by Gasteiger charge is -2.09. The van der Waals surface area contributed by atoms with Gasteiger partial charge in [-0.05, 0) is 24.6 Å². The van der Waals surface area contributed by atoms with Gasteiger partial charge >= 0.3 is 5.69 Å². The van der Waals surface area contributed by atoms with E-state index in [2.05, 4.69) is 26.2 Å². The van der Waals surface area contributed by atoms with Gasteiger partial charge in [-0.15, -0.1) is 0 Å². The molecular formula is C17H20BrN5O3. The van der Waals surface area contributed by atoms with Gasteiger partial charge in [0.1, 0.15) is 0 Å². The van der Waals surface area contributed by atoms with Crippen molar-refractivity contribution in [2.45, 2.75) is 19.6 Å². The largest absolute Gasteiger partial charge is 0.392 e. The van der Waals surface area contributed by atoms with Crippen LogP contribution in [0.4, 0.5) is 5.95 Å². The van der Waals surface area contributed by atoms with Crippen LogP contribution in [0.1, 0.15) is 12.5 Å². The van der Waals surface area contributed by atoms with E-state index in [1.807, 2.05) is 24.3 Å². The fraction of sp³-hybridized carbons (Fsp3) is 0.353. The van der Waals surface area contributed by atoms with Crippen molar-refractivity contribution in [1.82, 2.24) is 18.7 Å². The number of halogens is 1. The van der Waals surface area contributed by atoms with Crippen molar-refractivity contribution in [3.63, 3.8) is 0 Å². The van der Waals surface area contributed by atoms with Crippen molar-refractivity contribution >= 4 is 33.0 Å². The minimum absolute atomic E-state index is 0.169. The predicted molar refractivity (Wildman–Crippen MR) is 104 cm³/mol. The van der Waals surface area contributed by atoms with E-state index in [-0.39, 0.29) is 13.1 Å². The molecule has 0 unspecified atom stereocenters. The third kappa shape index (κ3) is 3.32. The Labute approximate surface area is 157 Å². The van der Waals surface area contributed by atoms with E-state index in [1.165, 1.54) is 9.13 Å². The summed E-state index contributed by atoms with van der Waals surface area (Å²) < 4.78 is 5.05. The summed E-state index contributed by atoms with van der Waals surface area (Å²) in [5.74, 6) is 0.424. The number of imidazole rings is 1. The summed E-state index contributed by atoms with van der Waals surface area (Å²) >= 11 is 3.40. The van der Waals surface area contributed by atoms with Crippen LogP contribution < -0.4 is 16.6 Å². The molecule has 0 aliphatic rings. The molecule has 0 fully saturated rings. The lowest BCUT2D eigenvalue weighted by atomic mass is 10.2. The zero-order valence-electron chi connectivity index (χ0n) is 14.7. The average Bonchev–Trinajstić information content (AvgIpc) is 2.92. The molecule has 0 radical (unpaired) electrons. The molecule has 1 aromatic carbocycles. The highest BCUT2D eigenvalue weighted by molar-refractivity contribution is 9.10. The third-order valence-electron chi connectivity index (χ3n) is 4.15. The van der Waals surface area contributed by atoms with E-state index in [1.54, 1.807) is 25.6 Å². The van der Waals surface area contributed by atoms with Crippen LogP contribution in [0.2, 0.25) is 0 Å². The van der Waals surface area contributed by atoms with Crippen LogP contribution >= 0.6 is 15.9 Å². The molecule has 0 amide bonds. The SMILES string of the molecule is C[C@@H](O)CNc1nc2c(c(=O)n(Cc3cccc(Br)c3)c(=O)n2C)n1C. The number of anilines is 1. The minimum atomic E-state index is -0.563. The van der Waals surface area contributed by atoms with Gasteiger partial charge in [0.2, 0.25) is 5.95 Å². The van der Waals surface area contributed by atoms with Crippen molar-refractivity contribution in [3.8, 4) is 0 Å². The van der Waals surface area contributed by atoms with Crippen LogP contribution in [0, 0.1) is 0 Å². The summed E-state index contributed by atoms with van der Waals surface area (Å²) in [6.07, 6.45) is -0.563. The second-order valence-electron chi connectivity index (χ2n) is 6.26. The zero-order valence-corrected chi connectivity index (χ0v) is 16.3. The molecule has 9 heteroatoms. The highest BCUT2D eigenvalue weighted by Crippen LogP contribution is 2.15. The quantitative estimate of drug-likeness (QED) is 0.641. The smallest absolute Gasteiger partial charge is 0.332 e. The zero-order chi connectivity index (χ0) is 19.0. The average molecular weight is 422 g/mol. The van der Waals surface area contributed by atoms with Crippen molar-refractivity contribution in [2.24, 2.45) is 14.1 Å². The Morgan fingerprint density at radius 3 is 2.65 bits per heavy atom. The Kier molecular flexibility index (Phi) is 5.01. The van der Waals surface area contributed by atoms with E-state index in [0.717, 1.165) is 10.0 Å². The van der Waals surface area contributed by atoms with Crippen LogP contribution in [0.3, 0.4) is 0 Å². The number of fused-ring (bicyclic) bond motifs is 1. The Bertz CT molecular complexity index is 1080. The van der Waals surface area contributed by atoms with Gasteiger partial charge in [0.15, 0.2) is 11.2 Å². The Morgan fingerprint density at radius 2 is 2.00 bits per heavy atom. The molecule has 2 heterocycles. The maximum Gasteiger partial charge on any atom is 0.332 e. The van der Waals surface area contributed by atoms with Crippen molar-refractivity contribution in [1.29, 1.82) is 0 Å². The fourth-order valence-corrected chi connectivity index (χ4v) is 3.24. The van der Waals surface area contributed by atoms with E-state index >= 15 is 0 Å². The number of aliphatic hydroxyl groups is 1. The molecule has 8 nitrogen and oxygen atoms in total. The number of aromatic nitrogens is 4. The highest BCUT2D eigenvalue weighted by atomic mass is 79.9. The second-order valence-corrected chi connectivity index (χ2v) is 7.18. The molecule has 2 N–H and O–H groups in total. The Hall–Kier alpha value is -2.39. The number of rotatable bonds is 5. The normalized spacial score (nSPS) is 12.5. The molecule has 3 aromatic rings. The molecule has 2 aromatic heterocycles. The summed E-state index contributed by atoms with van der Waals surface area (Å²) in [5, 5.41) is 12.4. The first-order chi connectivity index (χ1) is 12.3. The van der Waals surface area contributed by atoms with Crippen LogP contribution in [0.5, 0.6) is 0 Å². The number of nitrogens with one attached hydrogen (secondary N) is 1. The molecule has 3 rings (SSSR count). The van der Waals surface area contributed by atoms with Gasteiger partial charge in [-0.3, -0.25) is 13.9 Å². The first-order valence-electron chi connectivity index (χ1n) is 8.12. The van der Waals surface area contributed by atoms with Crippen LogP contribution in [0.25, 0.3) is 11.2 Å². The van der Waals surface area contributed by atoms with Crippen LogP contribution in [-0.2, 0) is 20.6 Å². The lowest BCUT2D eigenvalue weighted by Crippen LogP contribution is -2.39. The summed E-state index contributed by atoms with van der Waals surface area (Å²) in [7, 11) is 3.29. The fourth-order valence-electron chi connectivity index (χ4n) is 2.80. The number of aryl methyl sites for hydroxylation is 2. The van der Waals surface area contributed by atoms with Crippen molar-refractivity contribution in [3.05, 3.63) is 55.1 Å². The molecule has 0 aliphatic heterocycles. The Morgan fingerprint density at radius 1 is 1.27 bits per heavy atom. The first kappa shape index (κ1) is 18.4. The molecule has 1 atom stereocenters. The molecule has 138 valence electrons. The van der Waals surface area contributed by atoms with Gasteiger partial charge in [0, 0.05) is 25.1 Å². The van der Waals surface area contributed by atoms with Gasteiger partial charge in [0.05, 0.1) is 12.6 Å². The molecule has 0 saturated carbocycles. The first-order valence-corrected chi connectivity index (χ1v) is 8.91. The topological polar surface area (TPSA) is 94.1 Å². The Balaban J connectivity index is 2.15. The molecule has 26 heavy (non-hydrogen) atoms. The summed E-state index contributed by atoms with van der Waals surface area (Å²) in [6.45, 7) is 2.11. The number of hydrogen-bond acceptors (Lipinski definition) is 5. The molecule has 0 bridgehead atoms. The molecular weight excluding hydrogens is 402 g/mol. The highest BCUT2D eigenvalue weighted by Gasteiger charge is 2.18. The summed E-state index contributed by atoms with van der Waals surface area (Å²) in [5.41, 5.74) is 0.648. The third-order valence-corrected chi connectivity index (χ3v) is 4.64. The predicted octanol–water partition coefficient (Wildman–Crippen LogP) is 1.04. The van der Waals surface area contributed by atoms with Crippen LogP contribution in [-0.4, -0.2) is 36.4 Å². The van der Waals surface area contributed by atoms with E-state index in [4.69, 9.17) is 0 Å². The van der Waals surface area contributed by atoms with Crippen molar-refractivity contribution in [2.75, 3.05) is 11.9 Å². The van der Waals surface area contributed by atoms with Gasteiger partial charge in [-0.2, -0.15) is 4.98 Å². The summed E-state index contributed by atoms with van der Waals surface area (Å²) in [4.78, 5) is 30.0. The number of hydrogen-bond donors (Lipinski definition) is 2. The standard InChI is InChI=1S/C17H20BrN5O3/c1-10(24)8-19-16-20-14-13(21(16)2)15(25)23(17(26)22(14)3)9-11-5-4-6-12(18)7-11/h4-7,10,24H,8-9H2,1-3H3,(H,19,20)/t10-/m1/s1. The maximum atomic E-state index is 13.0. The van der Waals surface area contributed by atoms with E-state index in [9.17, 15) is 14.7 Å². The van der Waals surface area contributed by atoms with E-state index in [0.29, 0.717) is 17.1 Å². The lowest BCUT2D eigenvalue weighted by molar-refractivity contribution is 0.208. The monoisotopic (exact) mass is 421 g/mol. The minimum Gasteiger partial charge on any atom is -0.392 e. The molecule has 0 saturated heterocycles. The summed E-state index contributed by atoms with van der Waals surface area (Å²) in [6, 6.07) is 7.47. The van der Waals surface area contributed by atoms with E-state index < -0.39 is 17.4 Å². The van der Waals surface area contributed by atoms with Gasteiger partial charge in [-0.1, -0.05) is 28.1 Å². The molecule has 0 aliphatic carbocycles.